The highest BCUT2D eigenvalue weighted by atomic mass is 16.5. The van der Waals surface area contributed by atoms with Crippen molar-refractivity contribution in [3.63, 3.8) is 0 Å². The number of carbonyl (C=O) groups is 1. The number of carbonyl (C=O) groups excluding carboxylic acids is 1. The topological polar surface area (TPSA) is 135 Å². The predicted molar refractivity (Wildman–Crippen MR) is 123 cm³/mol. The van der Waals surface area contributed by atoms with Gasteiger partial charge in [0.1, 0.15) is 17.2 Å². The molecule has 0 heterocycles. The van der Waals surface area contributed by atoms with Crippen molar-refractivity contribution in [2.24, 2.45) is 11.5 Å². The lowest BCUT2D eigenvalue weighted by atomic mass is 9.97. The number of hydrogen-bond donors (Lipinski definition) is 4. The van der Waals surface area contributed by atoms with Crippen LogP contribution < -0.4 is 32.0 Å². The number of benzene rings is 2. The third-order valence-electron chi connectivity index (χ3n) is 5.06. The number of nitrogens with two attached hydrogens (primary N) is 3. The standard InChI is InChI=1S/C23H32N4O4/c1-5-7-15(30-3)13-27-23(28)22(26)21(25)17-9-6-8-16(20(17)24)18-12-14(29-2)10-11-19(18)31-4/h6,8-12,15H,5,7,13,24-26H2,1-4H3,(H,27,28)/b22-21+. The molecule has 0 fully saturated rings. The molecule has 0 aromatic heterocycles. The van der Waals surface area contributed by atoms with Crippen molar-refractivity contribution >= 4 is 17.3 Å². The minimum absolute atomic E-state index is 0.0862. The Morgan fingerprint density at radius 2 is 1.81 bits per heavy atom. The highest BCUT2D eigenvalue weighted by molar-refractivity contribution is 6.01. The summed E-state index contributed by atoms with van der Waals surface area (Å²) < 4.78 is 16.1. The second-order valence-corrected chi connectivity index (χ2v) is 7.02. The van der Waals surface area contributed by atoms with Gasteiger partial charge in [0.05, 0.1) is 26.0 Å². The summed E-state index contributed by atoms with van der Waals surface area (Å²) in [6, 6.07) is 10.8. The first-order valence-electron chi connectivity index (χ1n) is 10.0. The van der Waals surface area contributed by atoms with Gasteiger partial charge in [0, 0.05) is 36.0 Å². The molecule has 0 saturated heterocycles. The molecule has 0 aliphatic rings. The number of methoxy groups -OCH3 is 3. The van der Waals surface area contributed by atoms with Crippen LogP contribution in [-0.4, -0.2) is 39.9 Å². The minimum atomic E-state index is -0.473. The second kappa shape index (κ2) is 11.1. The molecule has 1 atom stereocenters. The molecule has 0 spiro atoms. The van der Waals surface area contributed by atoms with Crippen molar-refractivity contribution in [2.75, 3.05) is 33.6 Å². The molecule has 1 unspecified atom stereocenters. The summed E-state index contributed by atoms with van der Waals surface area (Å²) in [6.45, 7) is 2.39. The Kier molecular flexibility index (Phi) is 8.57. The summed E-state index contributed by atoms with van der Waals surface area (Å²) >= 11 is 0. The Morgan fingerprint density at radius 3 is 2.42 bits per heavy atom. The van der Waals surface area contributed by atoms with Crippen LogP contribution in [0, 0.1) is 0 Å². The number of hydrogen-bond acceptors (Lipinski definition) is 7. The lowest BCUT2D eigenvalue weighted by Gasteiger charge is -2.17. The van der Waals surface area contributed by atoms with E-state index in [1.54, 1.807) is 45.6 Å². The number of amides is 1. The maximum atomic E-state index is 12.5. The van der Waals surface area contributed by atoms with Gasteiger partial charge in [-0.1, -0.05) is 31.5 Å². The van der Waals surface area contributed by atoms with Gasteiger partial charge in [-0.15, -0.1) is 0 Å². The Labute approximate surface area is 183 Å². The zero-order valence-electron chi connectivity index (χ0n) is 18.5. The van der Waals surface area contributed by atoms with E-state index in [-0.39, 0.29) is 17.5 Å². The number of nitrogen functional groups attached to an aromatic ring is 1. The van der Waals surface area contributed by atoms with Crippen LogP contribution in [0.2, 0.25) is 0 Å². The van der Waals surface area contributed by atoms with E-state index in [0.29, 0.717) is 34.9 Å². The molecule has 1 amide bonds. The molecule has 2 aromatic carbocycles. The van der Waals surface area contributed by atoms with E-state index >= 15 is 0 Å². The van der Waals surface area contributed by atoms with E-state index in [9.17, 15) is 4.79 Å². The zero-order valence-corrected chi connectivity index (χ0v) is 18.5. The Bertz CT molecular complexity index is 943. The summed E-state index contributed by atoms with van der Waals surface area (Å²) in [7, 11) is 4.77. The largest absolute Gasteiger partial charge is 0.497 e. The van der Waals surface area contributed by atoms with Gasteiger partial charge in [-0.05, 0) is 24.6 Å². The normalized spacial score (nSPS) is 12.6. The van der Waals surface area contributed by atoms with Crippen molar-refractivity contribution in [1.82, 2.24) is 5.32 Å². The Morgan fingerprint density at radius 1 is 1.06 bits per heavy atom. The molecule has 0 aliphatic heterocycles. The summed E-state index contributed by atoms with van der Waals surface area (Å²) in [5.41, 5.74) is 21.0. The van der Waals surface area contributed by atoms with Gasteiger partial charge < -0.3 is 36.7 Å². The van der Waals surface area contributed by atoms with E-state index in [1.165, 1.54) is 0 Å². The quantitative estimate of drug-likeness (QED) is 0.337. The molecular weight excluding hydrogens is 396 g/mol. The molecule has 7 N–H and O–H groups in total. The lowest BCUT2D eigenvalue weighted by molar-refractivity contribution is -0.118. The molecule has 8 heteroatoms. The first-order chi connectivity index (χ1) is 14.9. The van der Waals surface area contributed by atoms with E-state index in [2.05, 4.69) is 5.32 Å². The summed E-state index contributed by atoms with van der Waals surface area (Å²) in [4.78, 5) is 12.5. The molecule has 0 bridgehead atoms. The minimum Gasteiger partial charge on any atom is -0.497 e. The van der Waals surface area contributed by atoms with Gasteiger partial charge in [0.25, 0.3) is 5.91 Å². The maximum absolute atomic E-state index is 12.5. The molecule has 2 rings (SSSR count). The van der Waals surface area contributed by atoms with Crippen molar-refractivity contribution in [1.29, 1.82) is 0 Å². The molecule has 0 aliphatic carbocycles. The van der Waals surface area contributed by atoms with Crippen LogP contribution in [0.25, 0.3) is 16.8 Å². The monoisotopic (exact) mass is 428 g/mol. The molecule has 2 aromatic rings. The first-order valence-corrected chi connectivity index (χ1v) is 10.0. The van der Waals surface area contributed by atoms with Gasteiger partial charge in [0.2, 0.25) is 0 Å². The van der Waals surface area contributed by atoms with E-state index < -0.39 is 5.91 Å². The number of rotatable bonds is 10. The summed E-state index contributed by atoms with van der Waals surface area (Å²) in [6.07, 6.45) is 1.68. The number of ether oxygens (including phenoxy) is 3. The van der Waals surface area contributed by atoms with E-state index in [1.807, 2.05) is 19.1 Å². The van der Waals surface area contributed by atoms with Gasteiger partial charge in [0.15, 0.2) is 0 Å². The van der Waals surface area contributed by atoms with Crippen LogP contribution in [0.3, 0.4) is 0 Å². The first kappa shape index (κ1) is 23.9. The van der Waals surface area contributed by atoms with Crippen molar-refractivity contribution in [3.05, 3.63) is 47.7 Å². The fourth-order valence-corrected chi connectivity index (χ4v) is 3.25. The molecule has 0 saturated carbocycles. The van der Waals surface area contributed by atoms with Crippen LogP contribution in [0.15, 0.2) is 42.1 Å². The zero-order chi connectivity index (χ0) is 23.0. The lowest BCUT2D eigenvalue weighted by Crippen LogP contribution is -2.36. The second-order valence-electron chi connectivity index (χ2n) is 7.02. The van der Waals surface area contributed by atoms with Gasteiger partial charge in [-0.25, -0.2) is 0 Å². The maximum Gasteiger partial charge on any atom is 0.269 e. The van der Waals surface area contributed by atoms with Crippen molar-refractivity contribution in [3.8, 4) is 22.6 Å². The number of anilines is 1. The van der Waals surface area contributed by atoms with E-state index in [0.717, 1.165) is 18.4 Å². The summed E-state index contributed by atoms with van der Waals surface area (Å²) in [5.74, 6) is 0.807. The van der Waals surface area contributed by atoms with Crippen LogP contribution >= 0.6 is 0 Å². The predicted octanol–water partition coefficient (Wildman–Crippen LogP) is 2.47. The Hall–Kier alpha value is -3.39. The van der Waals surface area contributed by atoms with Gasteiger partial charge in [-0.2, -0.15) is 0 Å². The third kappa shape index (κ3) is 5.61. The smallest absolute Gasteiger partial charge is 0.269 e. The molecule has 8 nitrogen and oxygen atoms in total. The van der Waals surface area contributed by atoms with Gasteiger partial charge >= 0.3 is 0 Å². The van der Waals surface area contributed by atoms with Crippen molar-refractivity contribution in [2.45, 2.75) is 25.9 Å². The molecule has 31 heavy (non-hydrogen) atoms. The van der Waals surface area contributed by atoms with Crippen LogP contribution in [0.4, 0.5) is 5.69 Å². The van der Waals surface area contributed by atoms with Gasteiger partial charge in [-0.3, -0.25) is 4.79 Å². The molecule has 168 valence electrons. The Balaban J connectivity index is 2.39. The highest BCUT2D eigenvalue weighted by Crippen LogP contribution is 2.38. The van der Waals surface area contributed by atoms with Crippen LogP contribution in [-0.2, 0) is 9.53 Å². The summed E-state index contributed by atoms with van der Waals surface area (Å²) in [5, 5.41) is 2.76. The SMILES string of the molecule is CCCC(CNC(=O)/C(N)=C(\N)c1cccc(-c2cc(OC)ccc2OC)c1N)OC. The number of para-hydroxylation sites is 1. The fraction of sp³-hybridized carbons (Fsp3) is 0.348. The molecular formula is C23H32N4O4. The van der Waals surface area contributed by atoms with Crippen LogP contribution in [0.1, 0.15) is 25.3 Å². The average molecular weight is 429 g/mol. The number of nitrogens with one attached hydrogen (secondary N) is 1. The van der Waals surface area contributed by atoms with E-state index in [4.69, 9.17) is 31.4 Å². The molecule has 0 radical (unpaired) electrons. The highest BCUT2D eigenvalue weighted by Gasteiger charge is 2.18. The van der Waals surface area contributed by atoms with Crippen molar-refractivity contribution < 1.29 is 19.0 Å². The van der Waals surface area contributed by atoms with Crippen LogP contribution in [0.5, 0.6) is 11.5 Å². The average Bonchev–Trinajstić information content (AvgIpc) is 2.80. The third-order valence-corrected chi connectivity index (χ3v) is 5.06. The fourth-order valence-electron chi connectivity index (χ4n) is 3.25.